The normalized spacial score (nSPS) is 11.6. The summed E-state index contributed by atoms with van der Waals surface area (Å²) >= 11 is 6.02. The minimum Gasteiger partial charge on any atom is -0.493 e. The topological polar surface area (TPSA) is 145 Å². The fourth-order valence-corrected chi connectivity index (χ4v) is 3.64. The summed E-state index contributed by atoms with van der Waals surface area (Å²) in [6.07, 6.45) is 0.418. The molecule has 0 bridgehead atoms. The van der Waals surface area contributed by atoms with Gasteiger partial charge in [0.15, 0.2) is 5.69 Å². The zero-order chi connectivity index (χ0) is 23.5. The molecule has 9 nitrogen and oxygen atoms in total. The van der Waals surface area contributed by atoms with E-state index in [1.165, 1.54) is 13.0 Å². The van der Waals surface area contributed by atoms with E-state index < -0.39 is 26.5 Å². The third-order valence-electron chi connectivity index (χ3n) is 4.71. The number of nitrogens with zero attached hydrogens (tertiary/aromatic N) is 4. The van der Waals surface area contributed by atoms with E-state index in [4.69, 9.17) is 11.6 Å². The Morgan fingerprint density at radius 3 is 2.47 bits per heavy atom. The maximum absolute atomic E-state index is 13.0. The maximum Gasteiger partial charge on any atom is 0.294 e. The van der Waals surface area contributed by atoms with Crippen LogP contribution in [0.4, 0.5) is 11.4 Å². The van der Waals surface area contributed by atoms with Gasteiger partial charge in [-0.15, -0.1) is 10.2 Å². The van der Waals surface area contributed by atoms with Crippen molar-refractivity contribution in [1.82, 2.24) is 4.57 Å². The number of aryl methyl sites for hydroxylation is 1. The van der Waals surface area contributed by atoms with E-state index in [1.54, 1.807) is 0 Å². The van der Waals surface area contributed by atoms with Crippen molar-refractivity contribution in [1.29, 1.82) is 5.26 Å². The summed E-state index contributed by atoms with van der Waals surface area (Å²) in [7, 11) is -4.50. The summed E-state index contributed by atoms with van der Waals surface area (Å²) in [6, 6.07) is 14.4. The molecule has 1 aromatic heterocycles. The van der Waals surface area contributed by atoms with Crippen molar-refractivity contribution in [3.05, 3.63) is 80.6 Å². The van der Waals surface area contributed by atoms with E-state index in [9.17, 15) is 28.1 Å². The minimum absolute atomic E-state index is 0.0301. The predicted molar refractivity (Wildman–Crippen MR) is 117 cm³/mol. The molecule has 2 N–H and O–H groups in total. The van der Waals surface area contributed by atoms with Gasteiger partial charge in [-0.1, -0.05) is 41.9 Å². The van der Waals surface area contributed by atoms with Crippen LogP contribution in [-0.2, 0) is 23.1 Å². The summed E-state index contributed by atoms with van der Waals surface area (Å²) in [5, 5.41) is 27.7. The van der Waals surface area contributed by atoms with Gasteiger partial charge in [0, 0.05) is 12.1 Å². The maximum atomic E-state index is 13.0. The minimum atomic E-state index is -4.50. The van der Waals surface area contributed by atoms with Crippen molar-refractivity contribution in [2.45, 2.75) is 24.8 Å². The highest BCUT2D eigenvalue weighted by Crippen LogP contribution is 2.31. The molecule has 0 atom stereocenters. The first-order chi connectivity index (χ1) is 15.1. The first-order valence-corrected chi connectivity index (χ1v) is 11.0. The van der Waals surface area contributed by atoms with Gasteiger partial charge in [-0.2, -0.15) is 13.7 Å². The molecule has 0 fully saturated rings. The van der Waals surface area contributed by atoms with Gasteiger partial charge in [-0.25, -0.2) is 0 Å². The Balaban J connectivity index is 2.07. The largest absolute Gasteiger partial charge is 0.493 e. The molecule has 1 heterocycles. The second-order valence-corrected chi connectivity index (χ2v) is 8.59. The Bertz CT molecular complexity index is 1410. The average Bonchev–Trinajstić information content (AvgIpc) is 2.75. The van der Waals surface area contributed by atoms with Crippen LogP contribution in [0.5, 0.6) is 5.88 Å². The number of azo groups is 1. The number of aromatic nitrogens is 1. The van der Waals surface area contributed by atoms with Crippen molar-refractivity contribution in [2.75, 3.05) is 0 Å². The van der Waals surface area contributed by atoms with Gasteiger partial charge < -0.3 is 5.11 Å². The average molecular weight is 473 g/mol. The van der Waals surface area contributed by atoms with Crippen molar-refractivity contribution in [3.63, 3.8) is 0 Å². The van der Waals surface area contributed by atoms with Crippen molar-refractivity contribution < 1.29 is 18.1 Å². The van der Waals surface area contributed by atoms with E-state index in [1.807, 2.05) is 36.4 Å². The van der Waals surface area contributed by atoms with Gasteiger partial charge in [0.05, 0.1) is 9.92 Å². The first kappa shape index (κ1) is 23.1. The van der Waals surface area contributed by atoms with E-state index in [0.717, 1.165) is 22.3 Å². The fraction of sp³-hybridized carbons (Fsp3) is 0.143. The molecule has 3 rings (SSSR count). The van der Waals surface area contributed by atoms with Crippen LogP contribution in [0, 0.1) is 18.3 Å². The standard InChI is InChI=1S/C21H17ClN4O5S/c1-13-16(12-23)20(27)26(10-9-14-5-3-2-4-6-14)21(28)19(13)25-24-18-11-15(32(29,30)31)7-8-17(18)22/h2-8,11,27H,9-10H2,1H3,(H,29,30,31). The molecule has 0 aliphatic heterocycles. The summed E-state index contributed by atoms with van der Waals surface area (Å²) in [4.78, 5) is 12.6. The number of pyridine rings is 1. The fourth-order valence-electron chi connectivity index (χ4n) is 2.98. The molecule has 11 heteroatoms. The molecule has 0 aliphatic carbocycles. The molecule has 32 heavy (non-hydrogen) atoms. The lowest BCUT2D eigenvalue weighted by Gasteiger charge is -2.13. The molecule has 0 spiro atoms. The Morgan fingerprint density at radius 2 is 1.84 bits per heavy atom. The van der Waals surface area contributed by atoms with Crippen LogP contribution < -0.4 is 5.56 Å². The van der Waals surface area contributed by atoms with Crippen molar-refractivity contribution >= 4 is 33.1 Å². The third kappa shape index (κ3) is 4.86. The quantitative estimate of drug-likeness (QED) is 0.404. The van der Waals surface area contributed by atoms with Gasteiger partial charge in [0.25, 0.3) is 15.7 Å². The summed E-state index contributed by atoms with van der Waals surface area (Å²) in [5.41, 5.74) is -0.0967. The van der Waals surface area contributed by atoms with E-state index in [2.05, 4.69) is 10.2 Å². The summed E-state index contributed by atoms with van der Waals surface area (Å²) in [5.74, 6) is -0.476. The Hall–Kier alpha value is -3.52. The SMILES string of the molecule is Cc1c(C#N)c(O)n(CCc2ccccc2)c(=O)c1N=Nc1cc(S(=O)(=O)O)ccc1Cl. The molecule has 0 aliphatic rings. The molecule has 0 saturated carbocycles. The van der Waals surface area contributed by atoms with Crippen LogP contribution in [0.2, 0.25) is 5.02 Å². The van der Waals surface area contributed by atoms with Crippen LogP contribution in [0.15, 0.2) is 68.4 Å². The lowest BCUT2D eigenvalue weighted by atomic mass is 10.1. The van der Waals surface area contributed by atoms with Gasteiger partial charge in [0.2, 0.25) is 5.88 Å². The zero-order valence-electron chi connectivity index (χ0n) is 16.7. The second kappa shape index (κ2) is 9.32. The number of rotatable bonds is 6. The molecule has 0 saturated heterocycles. The van der Waals surface area contributed by atoms with Crippen LogP contribution in [-0.4, -0.2) is 22.6 Å². The highest BCUT2D eigenvalue weighted by Gasteiger charge is 2.19. The molecular weight excluding hydrogens is 456 g/mol. The second-order valence-electron chi connectivity index (χ2n) is 6.76. The van der Waals surface area contributed by atoms with Crippen LogP contribution in [0.3, 0.4) is 0 Å². The number of hydrogen-bond donors (Lipinski definition) is 2. The molecular formula is C21H17ClN4O5S. The number of hydrogen-bond acceptors (Lipinski definition) is 7. The van der Waals surface area contributed by atoms with E-state index in [0.29, 0.717) is 6.42 Å². The highest BCUT2D eigenvalue weighted by molar-refractivity contribution is 7.85. The third-order valence-corrected chi connectivity index (χ3v) is 5.88. The number of halogens is 1. The zero-order valence-corrected chi connectivity index (χ0v) is 18.3. The Labute approximate surface area is 188 Å². The number of benzene rings is 2. The Morgan fingerprint density at radius 1 is 1.16 bits per heavy atom. The van der Waals surface area contributed by atoms with Crippen LogP contribution in [0.1, 0.15) is 16.7 Å². The predicted octanol–water partition coefficient (Wildman–Crippen LogP) is 4.29. The molecule has 3 aromatic rings. The van der Waals surface area contributed by atoms with Gasteiger partial charge >= 0.3 is 0 Å². The summed E-state index contributed by atoms with van der Waals surface area (Å²) < 4.78 is 32.9. The van der Waals surface area contributed by atoms with E-state index in [-0.39, 0.29) is 34.1 Å². The molecule has 0 amide bonds. The molecule has 0 radical (unpaired) electrons. The lowest BCUT2D eigenvalue weighted by Crippen LogP contribution is -2.22. The van der Waals surface area contributed by atoms with Crippen LogP contribution >= 0.6 is 11.6 Å². The molecule has 164 valence electrons. The summed E-state index contributed by atoms with van der Waals surface area (Å²) in [6.45, 7) is 1.52. The lowest BCUT2D eigenvalue weighted by molar-refractivity contribution is 0.404. The molecule has 2 aromatic carbocycles. The van der Waals surface area contributed by atoms with Gasteiger partial charge in [0.1, 0.15) is 17.3 Å². The van der Waals surface area contributed by atoms with Crippen LogP contribution in [0.25, 0.3) is 0 Å². The van der Waals surface area contributed by atoms with Crippen molar-refractivity contribution in [3.8, 4) is 11.9 Å². The highest BCUT2D eigenvalue weighted by atomic mass is 35.5. The number of aromatic hydroxyl groups is 1. The smallest absolute Gasteiger partial charge is 0.294 e. The van der Waals surface area contributed by atoms with Gasteiger partial charge in [-0.3, -0.25) is 13.9 Å². The molecule has 0 unspecified atom stereocenters. The number of nitriles is 1. The monoisotopic (exact) mass is 472 g/mol. The van der Waals surface area contributed by atoms with Crippen molar-refractivity contribution in [2.24, 2.45) is 10.2 Å². The van der Waals surface area contributed by atoms with Gasteiger partial charge in [-0.05, 0) is 37.1 Å². The first-order valence-electron chi connectivity index (χ1n) is 9.22. The van der Waals surface area contributed by atoms with E-state index >= 15 is 0 Å². The Kier molecular flexibility index (Phi) is 6.74.